The number of pyridine rings is 1. The number of hydrogen-bond acceptors (Lipinski definition) is 2. The maximum Gasteiger partial charge on any atom is 0.172 e. The van der Waals surface area contributed by atoms with Gasteiger partial charge in [0.2, 0.25) is 0 Å². The van der Waals surface area contributed by atoms with Gasteiger partial charge in [0, 0.05) is 6.20 Å². The first-order valence-electron chi connectivity index (χ1n) is 6.31. The molecule has 20 heavy (non-hydrogen) atoms. The Labute approximate surface area is 129 Å². The fourth-order valence-corrected chi connectivity index (χ4v) is 2.17. The Kier molecular flexibility index (Phi) is 4.93. The van der Waals surface area contributed by atoms with E-state index in [4.69, 9.17) is 23.8 Å². The number of hydrogen-bond donors (Lipinski definition) is 2. The van der Waals surface area contributed by atoms with E-state index in [-0.39, 0.29) is 6.04 Å². The van der Waals surface area contributed by atoms with Gasteiger partial charge in [-0.15, -0.1) is 0 Å². The number of nitrogens with zero attached hydrogens (tertiary/aromatic N) is 1. The lowest BCUT2D eigenvalue weighted by molar-refractivity contribution is 0.722. The molecule has 0 bridgehead atoms. The van der Waals surface area contributed by atoms with E-state index < -0.39 is 0 Å². The first-order chi connectivity index (χ1) is 9.56. The molecule has 1 aromatic carbocycles. The molecule has 0 aliphatic rings. The van der Waals surface area contributed by atoms with Crippen molar-refractivity contribution in [1.29, 1.82) is 0 Å². The summed E-state index contributed by atoms with van der Waals surface area (Å²) in [5, 5.41) is 7.47. The average Bonchev–Trinajstić information content (AvgIpc) is 2.44. The zero-order valence-corrected chi connectivity index (χ0v) is 12.9. The molecular formula is C15H16ClN3S. The van der Waals surface area contributed by atoms with Crippen LogP contribution in [0, 0.1) is 6.92 Å². The fourth-order valence-electron chi connectivity index (χ4n) is 1.78. The van der Waals surface area contributed by atoms with Gasteiger partial charge in [0.25, 0.3) is 0 Å². The molecule has 1 heterocycles. The summed E-state index contributed by atoms with van der Waals surface area (Å²) in [6.45, 7) is 3.99. The van der Waals surface area contributed by atoms with Crippen LogP contribution in [-0.2, 0) is 0 Å². The van der Waals surface area contributed by atoms with Gasteiger partial charge in [0.05, 0.1) is 11.1 Å². The summed E-state index contributed by atoms with van der Waals surface area (Å²) >= 11 is 11.2. The molecule has 0 radical (unpaired) electrons. The lowest BCUT2D eigenvalue weighted by Gasteiger charge is -2.17. The van der Waals surface area contributed by atoms with Crippen LogP contribution in [0.1, 0.15) is 24.1 Å². The molecule has 0 fully saturated rings. The molecule has 0 spiro atoms. The van der Waals surface area contributed by atoms with Gasteiger partial charge < -0.3 is 10.6 Å². The van der Waals surface area contributed by atoms with Crippen molar-refractivity contribution in [3.05, 3.63) is 58.7 Å². The third-order valence-electron chi connectivity index (χ3n) is 2.94. The highest BCUT2D eigenvalue weighted by atomic mass is 35.5. The van der Waals surface area contributed by atoms with Gasteiger partial charge in [-0.05, 0) is 43.3 Å². The molecule has 2 N–H and O–H groups in total. The highest BCUT2D eigenvalue weighted by molar-refractivity contribution is 7.80. The van der Waals surface area contributed by atoms with Crippen molar-refractivity contribution in [2.45, 2.75) is 19.9 Å². The standard InChI is InChI=1S/C15H16ClN3S/c1-10-8-14(17-9-13(10)16)19-15(20)18-11(2)12-6-4-3-5-7-12/h3-9,11H,1-2H3,(H2,17,18,19,20). The predicted molar refractivity (Wildman–Crippen MR) is 88.2 cm³/mol. The van der Waals surface area contributed by atoms with Crippen LogP contribution >= 0.6 is 23.8 Å². The van der Waals surface area contributed by atoms with Gasteiger partial charge >= 0.3 is 0 Å². The first kappa shape index (κ1) is 14.8. The monoisotopic (exact) mass is 305 g/mol. The lowest BCUT2D eigenvalue weighted by atomic mass is 10.1. The summed E-state index contributed by atoms with van der Waals surface area (Å²) in [6, 6.07) is 12.1. The smallest absolute Gasteiger partial charge is 0.172 e. The summed E-state index contributed by atoms with van der Waals surface area (Å²) in [5.74, 6) is 0.685. The number of aryl methyl sites for hydroxylation is 1. The SMILES string of the molecule is Cc1cc(NC(=S)NC(C)c2ccccc2)ncc1Cl. The van der Waals surface area contributed by atoms with E-state index in [1.807, 2.05) is 31.2 Å². The maximum atomic E-state index is 5.94. The molecular weight excluding hydrogens is 290 g/mol. The van der Waals surface area contributed by atoms with Crippen molar-refractivity contribution in [2.75, 3.05) is 5.32 Å². The second-order valence-electron chi connectivity index (χ2n) is 4.55. The third kappa shape index (κ3) is 3.92. The second-order valence-corrected chi connectivity index (χ2v) is 5.37. The van der Waals surface area contributed by atoms with Gasteiger partial charge in [-0.3, -0.25) is 0 Å². The molecule has 0 amide bonds. The molecule has 104 valence electrons. The molecule has 5 heteroatoms. The Balaban J connectivity index is 1.97. The van der Waals surface area contributed by atoms with Crippen LogP contribution < -0.4 is 10.6 Å². The molecule has 2 aromatic rings. The van der Waals surface area contributed by atoms with Crippen LogP contribution in [-0.4, -0.2) is 10.1 Å². The third-order valence-corrected chi connectivity index (χ3v) is 3.55. The van der Waals surface area contributed by atoms with Crippen molar-refractivity contribution < 1.29 is 0 Å². The predicted octanol–water partition coefficient (Wildman–Crippen LogP) is 4.09. The van der Waals surface area contributed by atoms with Crippen molar-refractivity contribution in [1.82, 2.24) is 10.3 Å². The van der Waals surface area contributed by atoms with Crippen LogP contribution in [0.25, 0.3) is 0 Å². The minimum absolute atomic E-state index is 0.129. The number of benzene rings is 1. The average molecular weight is 306 g/mol. The van der Waals surface area contributed by atoms with E-state index in [0.29, 0.717) is 16.0 Å². The molecule has 1 unspecified atom stereocenters. The van der Waals surface area contributed by atoms with E-state index in [0.717, 1.165) is 5.56 Å². The molecule has 0 aliphatic carbocycles. The Bertz CT molecular complexity index is 601. The van der Waals surface area contributed by atoms with Crippen molar-refractivity contribution >= 4 is 34.7 Å². The normalized spacial score (nSPS) is 11.8. The number of rotatable bonds is 3. The maximum absolute atomic E-state index is 5.94. The largest absolute Gasteiger partial charge is 0.356 e. The Hall–Kier alpha value is -1.65. The van der Waals surface area contributed by atoms with Gasteiger partial charge in [-0.2, -0.15) is 0 Å². The highest BCUT2D eigenvalue weighted by Gasteiger charge is 2.07. The Morgan fingerprint density at radius 3 is 2.65 bits per heavy atom. The molecule has 2 rings (SSSR count). The van der Waals surface area contributed by atoms with Gasteiger partial charge in [0.1, 0.15) is 5.82 Å². The second kappa shape index (κ2) is 6.68. The van der Waals surface area contributed by atoms with Crippen molar-refractivity contribution in [3.8, 4) is 0 Å². The first-order valence-corrected chi connectivity index (χ1v) is 7.09. The molecule has 0 saturated carbocycles. The van der Waals surface area contributed by atoms with Crippen LogP contribution in [0.5, 0.6) is 0 Å². The number of anilines is 1. The van der Waals surface area contributed by atoms with E-state index in [2.05, 4.69) is 34.7 Å². The van der Waals surface area contributed by atoms with E-state index in [9.17, 15) is 0 Å². The number of halogens is 1. The van der Waals surface area contributed by atoms with Crippen LogP contribution in [0.2, 0.25) is 5.02 Å². The summed E-state index contributed by atoms with van der Waals surface area (Å²) in [7, 11) is 0. The summed E-state index contributed by atoms with van der Waals surface area (Å²) in [5.41, 5.74) is 2.14. The number of nitrogens with one attached hydrogen (secondary N) is 2. The summed E-state index contributed by atoms with van der Waals surface area (Å²) in [4.78, 5) is 4.19. The molecule has 3 nitrogen and oxygen atoms in total. The summed E-state index contributed by atoms with van der Waals surface area (Å²) in [6.07, 6.45) is 1.61. The topological polar surface area (TPSA) is 37.0 Å². The van der Waals surface area contributed by atoms with Gasteiger partial charge in [-0.1, -0.05) is 41.9 Å². The highest BCUT2D eigenvalue weighted by Crippen LogP contribution is 2.17. The molecule has 1 atom stereocenters. The minimum Gasteiger partial charge on any atom is -0.356 e. The van der Waals surface area contributed by atoms with E-state index in [1.54, 1.807) is 6.20 Å². The van der Waals surface area contributed by atoms with Crippen molar-refractivity contribution in [3.63, 3.8) is 0 Å². The summed E-state index contributed by atoms with van der Waals surface area (Å²) < 4.78 is 0. The number of thiocarbonyl (C=S) groups is 1. The zero-order chi connectivity index (χ0) is 14.5. The van der Waals surface area contributed by atoms with Gasteiger partial charge in [0.15, 0.2) is 5.11 Å². The zero-order valence-electron chi connectivity index (χ0n) is 11.4. The molecule has 0 saturated heterocycles. The van der Waals surface area contributed by atoms with E-state index in [1.165, 1.54) is 5.56 Å². The fraction of sp³-hybridized carbons (Fsp3) is 0.200. The Morgan fingerprint density at radius 2 is 2.00 bits per heavy atom. The number of aromatic nitrogens is 1. The molecule has 0 aliphatic heterocycles. The quantitative estimate of drug-likeness (QED) is 0.838. The van der Waals surface area contributed by atoms with Crippen LogP contribution in [0.15, 0.2) is 42.6 Å². The minimum atomic E-state index is 0.129. The molecule has 1 aromatic heterocycles. The Morgan fingerprint density at radius 1 is 1.30 bits per heavy atom. The van der Waals surface area contributed by atoms with E-state index >= 15 is 0 Å². The van der Waals surface area contributed by atoms with Crippen LogP contribution in [0.4, 0.5) is 5.82 Å². The van der Waals surface area contributed by atoms with Crippen LogP contribution in [0.3, 0.4) is 0 Å². The van der Waals surface area contributed by atoms with Crippen molar-refractivity contribution in [2.24, 2.45) is 0 Å². The van der Waals surface area contributed by atoms with Gasteiger partial charge in [-0.25, -0.2) is 4.98 Å². The lowest BCUT2D eigenvalue weighted by Crippen LogP contribution is -2.31.